The van der Waals surface area contributed by atoms with Crippen molar-refractivity contribution in [2.24, 2.45) is 0 Å². The van der Waals surface area contributed by atoms with E-state index >= 15 is 0 Å². The topological polar surface area (TPSA) is 75.4 Å². The van der Waals surface area contributed by atoms with Crippen LogP contribution in [-0.2, 0) is 17.4 Å². The van der Waals surface area contributed by atoms with Crippen molar-refractivity contribution in [3.8, 4) is 28.5 Å². The predicted molar refractivity (Wildman–Crippen MR) is 118 cm³/mol. The number of phenols is 1. The lowest BCUT2D eigenvalue weighted by atomic mass is 10.1. The quantitative estimate of drug-likeness (QED) is 0.344. The van der Waals surface area contributed by atoms with Crippen molar-refractivity contribution in [2.75, 3.05) is 5.32 Å². The minimum Gasteiger partial charge on any atom is -0.508 e. The number of aromatic nitrogens is 1. The molecule has 5 nitrogen and oxygen atoms in total. The molecule has 9 heteroatoms. The molecule has 4 aromatic rings. The number of aromatic hydroxyl groups is 1. The van der Waals surface area contributed by atoms with Gasteiger partial charge in [-0.1, -0.05) is 48.0 Å². The number of carbonyl (C=O) groups is 1. The average molecular weight is 473 g/mol. The van der Waals surface area contributed by atoms with Crippen molar-refractivity contribution in [1.29, 1.82) is 0 Å². The Morgan fingerprint density at radius 1 is 1.00 bits per heavy atom. The summed E-state index contributed by atoms with van der Waals surface area (Å²) in [6.07, 6.45) is -4.97. The van der Waals surface area contributed by atoms with E-state index in [1.807, 2.05) is 18.2 Å². The van der Waals surface area contributed by atoms with E-state index in [4.69, 9.17) is 16.0 Å². The van der Waals surface area contributed by atoms with Crippen LogP contribution in [-0.4, -0.2) is 16.0 Å². The predicted octanol–water partition coefficient (Wildman–Crippen LogP) is 6.57. The van der Waals surface area contributed by atoms with E-state index in [1.54, 1.807) is 36.4 Å². The fourth-order valence-electron chi connectivity index (χ4n) is 3.17. The lowest BCUT2D eigenvalue weighted by Crippen LogP contribution is -2.15. The Kier molecular flexibility index (Phi) is 6.11. The molecule has 0 bridgehead atoms. The van der Waals surface area contributed by atoms with Crippen molar-refractivity contribution in [1.82, 2.24) is 4.98 Å². The maximum absolute atomic E-state index is 12.8. The molecule has 0 atom stereocenters. The number of halogens is 4. The number of phenolic OH excluding ortho intramolecular Hbond substituents is 1. The summed E-state index contributed by atoms with van der Waals surface area (Å²) in [5, 5.41) is 13.0. The molecule has 4 rings (SSSR count). The number of oxazole rings is 1. The molecule has 1 aromatic heterocycles. The number of benzene rings is 3. The lowest BCUT2D eigenvalue weighted by molar-refractivity contribution is -0.137. The molecule has 2 N–H and O–H groups in total. The molecule has 168 valence electrons. The fraction of sp³-hybridized carbons (Fsp3) is 0.0833. The SMILES string of the molecule is O=C(Cc1ccc(C(F)(F)F)cc1O)Nc1oc(-c2ccccc2)nc1-c1cccc(Cl)c1. The summed E-state index contributed by atoms with van der Waals surface area (Å²) in [5.41, 5.74) is 0.645. The lowest BCUT2D eigenvalue weighted by Gasteiger charge is -2.10. The van der Waals surface area contributed by atoms with Gasteiger partial charge in [-0.05, 0) is 36.4 Å². The van der Waals surface area contributed by atoms with Crippen LogP contribution in [0, 0.1) is 0 Å². The third-order valence-electron chi connectivity index (χ3n) is 4.76. The second-order valence-corrected chi connectivity index (χ2v) is 7.58. The third-order valence-corrected chi connectivity index (χ3v) is 5.00. The Hall–Kier alpha value is -3.78. The number of amides is 1. The summed E-state index contributed by atoms with van der Waals surface area (Å²) in [6, 6.07) is 18.3. The first-order valence-corrected chi connectivity index (χ1v) is 10.1. The van der Waals surface area contributed by atoms with Crippen LogP contribution in [0.3, 0.4) is 0 Å². The summed E-state index contributed by atoms with van der Waals surface area (Å²) in [4.78, 5) is 17.1. The molecule has 3 aromatic carbocycles. The zero-order valence-corrected chi connectivity index (χ0v) is 17.6. The van der Waals surface area contributed by atoms with Crippen LogP contribution in [0.4, 0.5) is 19.1 Å². The van der Waals surface area contributed by atoms with Gasteiger partial charge in [-0.2, -0.15) is 13.2 Å². The van der Waals surface area contributed by atoms with Gasteiger partial charge >= 0.3 is 6.18 Å². The number of rotatable bonds is 5. The zero-order chi connectivity index (χ0) is 23.6. The fourth-order valence-corrected chi connectivity index (χ4v) is 3.36. The summed E-state index contributed by atoms with van der Waals surface area (Å²) in [7, 11) is 0. The highest BCUT2D eigenvalue weighted by atomic mass is 35.5. The molecular weight excluding hydrogens is 457 g/mol. The van der Waals surface area contributed by atoms with E-state index in [0.717, 1.165) is 12.1 Å². The molecule has 0 saturated carbocycles. The van der Waals surface area contributed by atoms with E-state index in [2.05, 4.69) is 10.3 Å². The first-order valence-electron chi connectivity index (χ1n) is 9.72. The van der Waals surface area contributed by atoms with Gasteiger partial charge in [-0.15, -0.1) is 0 Å². The van der Waals surface area contributed by atoms with Gasteiger partial charge in [0.05, 0.1) is 12.0 Å². The molecule has 0 aliphatic rings. The third kappa shape index (κ3) is 5.18. The Bertz CT molecular complexity index is 1300. The average Bonchev–Trinajstić information content (AvgIpc) is 3.19. The van der Waals surface area contributed by atoms with E-state index in [-0.39, 0.29) is 23.8 Å². The maximum Gasteiger partial charge on any atom is 0.416 e. The molecule has 0 fully saturated rings. The molecule has 1 heterocycles. The highest BCUT2D eigenvalue weighted by Gasteiger charge is 2.31. The van der Waals surface area contributed by atoms with Crippen molar-refractivity contribution >= 4 is 23.4 Å². The number of nitrogens with zero attached hydrogens (tertiary/aromatic N) is 1. The van der Waals surface area contributed by atoms with Gasteiger partial charge in [0.2, 0.25) is 17.7 Å². The van der Waals surface area contributed by atoms with Gasteiger partial charge in [0, 0.05) is 21.7 Å². The van der Waals surface area contributed by atoms with E-state index in [1.165, 1.54) is 0 Å². The van der Waals surface area contributed by atoms with Crippen LogP contribution < -0.4 is 5.32 Å². The van der Waals surface area contributed by atoms with Crippen molar-refractivity contribution in [3.05, 3.63) is 88.9 Å². The zero-order valence-electron chi connectivity index (χ0n) is 16.9. The number of nitrogens with one attached hydrogen (secondary N) is 1. The maximum atomic E-state index is 12.8. The Morgan fingerprint density at radius 2 is 1.73 bits per heavy atom. The first-order chi connectivity index (χ1) is 15.7. The normalized spacial score (nSPS) is 11.4. The molecule has 0 spiro atoms. The van der Waals surface area contributed by atoms with Crippen LogP contribution in [0.2, 0.25) is 5.02 Å². The van der Waals surface area contributed by atoms with E-state index in [0.29, 0.717) is 27.9 Å². The highest BCUT2D eigenvalue weighted by Crippen LogP contribution is 2.35. The Labute approximate surface area is 191 Å². The second-order valence-electron chi connectivity index (χ2n) is 7.14. The molecule has 0 aliphatic carbocycles. The summed E-state index contributed by atoms with van der Waals surface area (Å²) in [5.74, 6) is -0.924. The number of hydrogen-bond acceptors (Lipinski definition) is 4. The molecule has 33 heavy (non-hydrogen) atoms. The monoisotopic (exact) mass is 472 g/mol. The number of hydrogen-bond donors (Lipinski definition) is 2. The van der Waals surface area contributed by atoms with Crippen LogP contribution in [0.25, 0.3) is 22.7 Å². The van der Waals surface area contributed by atoms with Crippen LogP contribution in [0.5, 0.6) is 5.75 Å². The summed E-state index contributed by atoms with van der Waals surface area (Å²) in [6.45, 7) is 0. The van der Waals surface area contributed by atoms with E-state index in [9.17, 15) is 23.1 Å². The number of alkyl halides is 3. The first kappa shape index (κ1) is 22.4. The number of anilines is 1. The van der Waals surface area contributed by atoms with Crippen molar-refractivity contribution in [2.45, 2.75) is 12.6 Å². The van der Waals surface area contributed by atoms with Crippen LogP contribution >= 0.6 is 11.6 Å². The highest BCUT2D eigenvalue weighted by molar-refractivity contribution is 6.30. The summed E-state index contributed by atoms with van der Waals surface area (Å²) >= 11 is 6.09. The van der Waals surface area contributed by atoms with E-state index < -0.39 is 23.4 Å². The van der Waals surface area contributed by atoms with Crippen molar-refractivity contribution < 1.29 is 27.5 Å². The second kappa shape index (κ2) is 8.99. The van der Waals surface area contributed by atoms with Crippen LogP contribution in [0.15, 0.2) is 77.2 Å². The van der Waals surface area contributed by atoms with Gasteiger partial charge in [0.1, 0.15) is 11.4 Å². The molecule has 1 amide bonds. The minimum atomic E-state index is -4.60. The standard InChI is InChI=1S/C24H16ClF3N2O3/c25-18-8-4-7-16(11-18)21-23(33-22(30-21)14-5-2-1-3-6-14)29-20(32)12-15-9-10-17(13-19(15)31)24(26,27)28/h1-11,13,31H,12H2,(H,29,32). The van der Waals surface area contributed by atoms with Gasteiger partial charge in [-0.25, -0.2) is 4.98 Å². The van der Waals surface area contributed by atoms with Gasteiger partial charge in [0.15, 0.2) is 0 Å². The van der Waals surface area contributed by atoms with Gasteiger partial charge < -0.3 is 9.52 Å². The van der Waals surface area contributed by atoms with Gasteiger partial charge in [-0.3, -0.25) is 10.1 Å². The summed E-state index contributed by atoms with van der Waals surface area (Å²) < 4.78 is 44.2. The smallest absolute Gasteiger partial charge is 0.416 e. The molecule has 0 radical (unpaired) electrons. The van der Waals surface area contributed by atoms with Crippen LogP contribution in [0.1, 0.15) is 11.1 Å². The van der Waals surface area contributed by atoms with Crippen molar-refractivity contribution in [3.63, 3.8) is 0 Å². The minimum absolute atomic E-state index is 0.0348. The Morgan fingerprint density at radius 3 is 2.39 bits per heavy atom. The molecule has 0 saturated heterocycles. The number of carbonyl (C=O) groups excluding carboxylic acids is 1. The van der Waals surface area contributed by atoms with Gasteiger partial charge in [0.25, 0.3) is 0 Å². The molecule has 0 unspecified atom stereocenters. The Balaban J connectivity index is 1.63. The molecular formula is C24H16ClF3N2O3. The molecule has 0 aliphatic heterocycles. The largest absolute Gasteiger partial charge is 0.508 e.